The SMILES string of the molecule is CCC(Sc1nnc(COc2cc(C)cc(C)c2)n1N)C(=O)Nc1ccc(F)cc1. The molecule has 7 nitrogen and oxygen atoms in total. The van der Waals surface area contributed by atoms with E-state index in [2.05, 4.69) is 21.6 Å². The van der Waals surface area contributed by atoms with Crippen LogP contribution in [0.25, 0.3) is 0 Å². The first-order chi connectivity index (χ1) is 14.4. The second kappa shape index (κ2) is 9.62. The number of carbonyl (C=O) groups is 1. The third kappa shape index (κ3) is 5.50. The van der Waals surface area contributed by atoms with Crippen molar-refractivity contribution in [1.82, 2.24) is 14.9 Å². The Balaban J connectivity index is 1.63. The number of hydrogen-bond donors (Lipinski definition) is 2. The first-order valence-corrected chi connectivity index (χ1v) is 10.4. The number of nitrogen functional groups attached to an aromatic ring is 1. The molecule has 0 aliphatic heterocycles. The number of carbonyl (C=O) groups excluding carboxylic acids is 1. The number of hydrogen-bond acceptors (Lipinski definition) is 6. The minimum absolute atomic E-state index is 0.158. The van der Waals surface area contributed by atoms with Crippen LogP contribution < -0.4 is 15.9 Å². The maximum atomic E-state index is 13.0. The summed E-state index contributed by atoms with van der Waals surface area (Å²) in [6.07, 6.45) is 0.555. The molecule has 1 amide bonds. The van der Waals surface area contributed by atoms with Crippen LogP contribution in [-0.4, -0.2) is 26.0 Å². The van der Waals surface area contributed by atoms with Gasteiger partial charge in [-0.25, -0.2) is 9.07 Å². The van der Waals surface area contributed by atoms with Gasteiger partial charge < -0.3 is 15.9 Å². The number of ether oxygens (including phenoxy) is 1. The molecule has 0 radical (unpaired) electrons. The molecule has 0 spiro atoms. The number of anilines is 1. The second-order valence-electron chi connectivity index (χ2n) is 6.89. The van der Waals surface area contributed by atoms with Crippen LogP contribution in [0.1, 0.15) is 30.3 Å². The van der Waals surface area contributed by atoms with Crippen LogP contribution in [0.15, 0.2) is 47.6 Å². The van der Waals surface area contributed by atoms with Crippen molar-refractivity contribution in [3.8, 4) is 5.75 Å². The normalized spacial score (nSPS) is 11.9. The van der Waals surface area contributed by atoms with Gasteiger partial charge in [-0.05, 0) is 67.8 Å². The Kier molecular flexibility index (Phi) is 6.94. The molecule has 3 rings (SSSR count). The third-order valence-corrected chi connectivity index (χ3v) is 5.64. The average molecular weight is 430 g/mol. The number of benzene rings is 2. The quantitative estimate of drug-likeness (QED) is 0.417. The first-order valence-electron chi connectivity index (χ1n) is 9.49. The zero-order chi connectivity index (χ0) is 21.7. The number of aryl methyl sites for hydroxylation is 2. The van der Waals surface area contributed by atoms with Crippen molar-refractivity contribution in [2.75, 3.05) is 11.2 Å². The Labute approximate surface area is 178 Å². The van der Waals surface area contributed by atoms with Crippen LogP contribution in [-0.2, 0) is 11.4 Å². The molecule has 1 heterocycles. The lowest BCUT2D eigenvalue weighted by atomic mass is 10.1. The van der Waals surface area contributed by atoms with E-state index in [-0.39, 0.29) is 18.3 Å². The molecule has 1 unspecified atom stereocenters. The summed E-state index contributed by atoms with van der Waals surface area (Å²) in [5, 5.41) is 10.9. The molecule has 9 heteroatoms. The van der Waals surface area contributed by atoms with Crippen LogP contribution in [0, 0.1) is 19.7 Å². The molecule has 1 atom stereocenters. The average Bonchev–Trinajstić information content (AvgIpc) is 3.05. The van der Waals surface area contributed by atoms with Crippen LogP contribution >= 0.6 is 11.8 Å². The summed E-state index contributed by atoms with van der Waals surface area (Å²) in [5.41, 5.74) is 2.74. The molecule has 158 valence electrons. The van der Waals surface area contributed by atoms with E-state index in [1.54, 1.807) is 0 Å². The van der Waals surface area contributed by atoms with Crippen molar-refractivity contribution in [3.05, 3.63) is 65.2 Å². The van der Waals surface area contributed by atoms with Gasteiger partial charge in [-0.3, -0.25) is 4.79 Å². The molecule has 30 heavy (non-hydrogen) atoms. The van der Waals surface area contributed by atoms with Crippen molar-refractivity contribution < 1.29 is 13.9 Å². The van der Waals surface area contributed by atoms with Crippen molar-refractivity contribution >= 4 is 23.4 Å². The highest BCUT2D eigenvalue weighted by Crippen LogP contribution is 2.25. The molecule has 1 aromatic heterocycles. The first kappa shape index (κ1) is 21.6. The van der Waals surface area contributed by atoms with Crippen molar-refractivity contribution in [3.63, 3.8) is 0 Å². The van der Waals surface area contributed by atoms with E-state index in [0.717, 1.165) is 16.9 Å². The Morgan fingerprint density at radius 3 is 2.50 bits per heavy atom. The summed E-state index contributed by atoms with van der Waals surface area (Å²) in [6.45, 7) is 6.05. The highest BCUT2D eigenvalue weighted by molar-refractivity contribution is 8.00. The Morgan fingerprint density at radius 1 is 1.20 bits per heavy atom. The molecule has 0 fully saturated rings. The fraction of sp³-hybridized carbons (Fsp3) is 0.286. The zero-order valence-electron chi connectivity index (χ0n) is 17.1. The van der Waals surface area contributed by atoms with Gasteiger partial charge in [0.2, 0.25) is 11.1 Å². The van der Waals surface area contributed by atoms with Gasteiger partial charge in [0.25, 0.3) is 0 Å². The number of aromatic nitrogens is 3. The lowest BCUT2D eigenvalue weighted by molar-refractivity contribution is -0.115. The van der Waals surface area contributed by atoms with Gasteiger partial charge in [0.1, 0.15) is 18.2 Å². The number of rotatable bonds is 8. The highest BCUT2D eigenvalue weighted by Gasteiger charge is 2.22. The monoisotopic (exact) mass is 429 g/mol. The molecule has 0 saturated carbocycles. The van der Waals surface area contributed by atoms with E-state index in [4.69, 9.17) is 10.6 Å². The van der Waals surface area contributed by atoms with E-state index < -0.39 is 5.25 Å². The van der Waals surface area contributed by atoms with Crippen LogP contribution in [0.4, 0.5) is 10.1 Å². The molecule has 3 N–H and O–H groups in total. The van der Waals surface area contributed by atoms with Crippen molar-refractivity contribution in [2.45, 2.75) is 44.2 Å². The highest BCUT2D eigenvalue weighted by atomic mass is 32.2. The van der Waals surface area contributed by atoms with E-state index >= 15 is 0 Å². The van der Waals surface area contributed by atoms with Gasteiger partial charge in [-0.2, -0.15) is 0 Å². The fourth-order valence-electron chi connectivity index (χ4n) is 2.86. The molecule has 0 saturated heterocycles. The molecule has 3 aromatic rings. The predicted octanol–water partition coefficient (Wildman–Crippen LogP) is 3.84. The lowest BCUT2D eigenvalue weighted by Crippen LogP contribution is -2.26. The van der Waals surface area contributed by atoms with Gasteiger partial charge >= 0.3 is 0 Å². The largest absolute Gasteiger partial charge is 0.486 e. The van der Waals surface area contributed by atoms with E-state index in [1.807, 2.05) is 32.9 Å². The molecule has 0 aliphatic rings. The number of nitrogens with zero attached hydrogens (tertiary/aromatic N) is 3. The Bertz CT molecular complexity index is 1000. The van der Waals surface area contributed by atoms with E-state index in [9.17, 15) is 9.18 Å². The van der Waals surface area contributed by atoms with Gasteiger partial charge in [-0.15, -0.1) is 10.2 Å². The van der Waals surface area contributed by atoms with Gasteiger partial charge in [0.05, 0.1) is 5.25 Å². The Hall–Kier alpha value is -3.07. The molecular weight excluding hydrogens is 405 g/mol. The van der Waals surface area contributed by atoms with Crippen molar-refractivity contribution in [2.24, 2.45) is 0 Å². The number of halogens is 1. The zero-order valence-corrected chi connectivity index (χ0v) is 17.9. The van der Waals surface area contributed by atoms with Gasteiger partial charge in [0.15, 0.2) is 5.82 Å². The van der Waals surface area contributed by atoms with Crippen LogP contribution in [0.5, 0.6) is 5.75 Å². The van der Waals surface area contributed by atoms with E-state index in [1.165, 1.54) is 40.7 Å². The molecule has 0 bridgehead atoms. The number of thioether (sulfide) groups is 1. The smallest absolute Gasteiger partial charge is 0.237 e. The summed E-state index contributed by atoms with van der Waals surface area (Å²) in [7, 11) is 0. The van der Waals surface area contributed by atoms with Crippen LogP contribution in [0.3, 0.4) is 0 Å². The summed E-state index contributed by atoms with van der Waals surface area (Å²) < 4.78 is 20.2. The van der Waals surface area contributed by atoms with Gasteiger partial charge in [0, 0.05) is 5.69 Å². The van der Waals surface area contributed by atoms with Gasteiger partial charge in [-0.1, -0.05) is 24.8 Å². The predicted molar refractivity (Wildman–Crippen MR) is 115 cm³/mol. The topological polar surface area (TPSA) is 95.1 Å². The number of nitrogens with one attached hydrogen (secondary N) is 1. The van der Waals surface area contributed by atoms with Crippen molar-refractivity contribution in [1.29, 1.82) is 0 Å². The third-order valence-electron chi connectivity index (χ3n) is 4.32. The molecular formula is C21H24FN5O2S. The van der Waals surface area contributed by atoms with E-state index in [0.29, 0.717) is 23.1 Å². The standard InChI is InChI=1S/C21H24FN5O2S/c1-4-18(20(28)24-16-7-5-15(22)6-8-16)30-21-26-25-19(27(21)23)12-29-17-10-13(2)9-14(3)11-17/h5-11,18H,4,12,23H2,1-3H3,(H,24,28). The molecule has 0 aliphatic carbocycles. The maximum Gasteiger partial charge on any atom is 0.237 e. The fourth-order valence-corrected chi connectivity index (χ4v) is 3.75. The minimum atomic E-state index is -0.435. The number of nitrogens with two attached hydrogens (primary N) is 1. The maximum absolute atomic E-state index is 13.0. The Morgan fingerprint density at radius 2 is 1.87 bits per heavy atom. The summed E-state index contributed by atoms with van der Waals surface area (Å²) in [5.74, 6) is 6.72. The summed E-state index contributed by atoms with van der Waals surface area (Å²) >= 11 is 1.22. The lowest BCUT2D eigenvalue weighted by Gasteiger charge is -2.14. The second-order valence-corrected chi connectivity index (χ2v) is 8.06. The molecule has 2 aromatic carbocycles. The summed E-state index contributed by atoms with van der Waals surface area (Å²) in [4.78, 5) is 12.6. The van der Waals surface area contributed by atoms with Crippen LogP contribution in [0.2, 0.25) is 0 Å². The summed E-state index contributed by atoms with van der Waals surface area (Å²) in [6, 6.07) is 11.6. The number of amides is 1. The minimum Gasteiger partial charge on any atom is -0.486 e.